The molecule has 0 saturated carbocycles. The second kappa shape index (κ2) is 9.33. The fraction of sp³-hybridized carbons (Fsp3) is 0.733. The fourth-order valence-corrected chi connectivity index (χ4v) is 2.50. The minimum Gasteiger partial charge on any atom is -0.465 e. The first kappa shape index (κ1) is 20.8. The number of ether oxygens (including phenoxy) is 4. The van der Waals surface area contributed by atoms with Gasteiger partial charge in [0.1, 0.15) is 12.1 Å². The summed E-state index contributed by atoms with van der Waals surface area (Å²) >= 11 is 0. The molecule has 1 saturated heterocycles. The van der Waals surface area contributed by atoms with Crippen molar-refractivity contribution in [1.82, 2.24) is 5.32 Å². The van der Waals surface area contributed by atoms with E-state index in [2.05, 4.69) is 5.32 Å². The molecule has 5 unspecified atom stereocenters. The van der Waals surface area contributed by atoms with E-state index in [0.29, 0.717) is 0 Å². The lowest BCUT2D eigenvalue weighted by Gasteiger charge is -2.33. The molecule has 142 valence electrons. The van der Waals surface area contributed by atoms with Crippen molar-refractivity contribution in [3.05, 3.63) is 0 Å². The molecule has 0 bridgehead atoms. The highest BCUT2D eigenvalue weighted by atomic mass is 16.6. The van der Waals surface area contributed by atoms with Gasteiger partial charge in [-0.1, -0.05) is 0 Å². The zero-order valence-electron chi connectivity index (χ0n) is 14.5. The van der Waals surface area contributed by atoms with Crippen LogP contribution in [0.4, 0.5) is 0 Å². The third-order valence-electron chi connectivity index (χ3n) is 3.41. The molecule has 0 spiro atoms. The van der Waals surface area contributed by atoms with Gasteiger partial charge in [0.15, 0.2) is 12.4 Å². The molecule has 1 rings (SSSR count). The summed E-state index contributed by atoms with van der Waals surface area (Å²) in [5, 5.41) is 12.6. The fourth-order valence-electron chi connectivity index (χ4n) is 2.50. The zero-order chi connectivity index (χ0) is 19.1. The molecule has 5 atom stereocenters. The number of aliphatic hydroxyl groups excluding tert-OH is 1. The molecule has 0 aromatic rings. The van der Waals surface area contributed by atoms with Crippen LogP contribution in [0.2, 0.25) is 0 Å². The van der Waals surface area contributed by atoms with Crippen molar-refractivity contribution in [3.63, 3.8) is 0 Å². The quantitative estimate of drug-likeness (QED) is 0.461. The molecule has 0 aromatic heterocycles. The molecule has 1 aliphatic rings. The maximum atomic E-state index is 11.5. The third kappa shape index (κ3) is 6.67. The highest BCUT2D eigenvalue weighted by Crippen LogP contribution is 2.26. The van der Waals surface area contributed by atoms with E-state index in [1.165, 1.54) is 13.8 Å². The van der Waals surface area contributed by atoms with Crippen LogP contribution < -0.4 is 5.32 Å². The zero-order valence-corrected chi connectivity index (χ0v) is 14.5. The number of hydrogen-bond acceptors (Lipinski definition) is 9. The van der Waals surface area contributed by atoms with Crippen molar-refractivity contribution in [2.75, 3.05) is 13.2 Å². The Morgan fingerprint density at radius 2 is 1.56 bits per heavy atom. The van der Waals surface area contributed by atoms with Crippen LogP contribution in [0.25, 0.3) is 0 Å². The number of rotatable bonds is 5. The number of esters is 3. The molecule has 10 heteroatoms. The maximum absolute atomic E-state index is 11.5. The standard InChI is InChI=1S/C15H23NO9/c1-7(17)16-12-14(25-10(4)20)13(24-9(3)19)11(5-22-8(2)18)6-23-15(12)21/h11-15,21H,5-6H2,1-4H3,(H,16,17). The molecule has 1 heterocycles. The molecule has 1 fully saturated rings. The molecule has 1 amide bonds. The molecule has 0 aliphatic carbocycles. The van der Waals surface area contributed by atoms with Crippen LogP contribution in [-0.2, 0) is 38.1 Å². The molecular formula is C15H23NO9. The molecule has 25 heavy (non-hydrogen) atoms. The Balaban J connectivity index is 3.20. The van der Waals surface area contributed by atoms with Gasteiger partial charge in [-0.3, -0.25) is 19.2 Å². The smallest absolute Gasteiger partial charge is 0.303 e. The van der Waals surface area contributed by atoms with E-state index in [1.54, 1.807) is 0 Å². The van der Waals surface area contributed by atoms with Crippen molar-refractivity contribution < 1.29 is 43.2 Å². The van der Waals surface area contributed by atoms with E-state index in [9.17, 15) is 24.3 Å². The summed E-state index contributed by atoms with van der Waals surface area (Å²) in [5.74, 6) is -3.17. The summed E-state index contributed by atoms with van der Waals surface area (Å²) in [6.07, 6.45) is -3.85. The van der Waals surface area contributed by atoms with Crippen molar-refractivity contribution in [1.29, 1.82) is 0 Å². The van der Waals surface area contributed by atoms with E-state index >= 15 is 0 Å². The highest BCUT2D eigenvalue weighted by molar-refractivity contribution is 5.73. The number of carbonyl (C=O) groups is 4. The summed E-state index contributed by atoms with van der Waals surface area (Å²) in [4.78, 5) is 45.5. The molecule has 2 N–H and O–H groups in total. The Hall–Kier alpha value is -2.20. The lowest BCUT2D eigenvalue weighted by Crippen LogP contribution is -2.57. The summed E-state index contributed by atoms with van der Waals surface area (Å²) in [6.45, 7) is 4.36. The van der Waals surface area contributed by atoms with Gasteiger partial charge in [-0.25, -0.2) is 0 Å². The van der Waals surface area contributed by atoms with Crippen molar-refractivity contribution in [2.24, 2.45) is 5.92 Å². The van der Waals surface area contributed by atoms with Crippen LogP contribution in [0, 0.1) is 5.92 Å². The Kier molecular flexibility index (Phi) is 7.78. The van der Waals surface area contributed by atoms with E-state index < -0.39 is 54.3 Å². The van der Waals surface area contributed by atoms with Gasteiger partial charge in [0.25, 0.3) is 0 Å². The summed E-state index contributed by atoms with van der Waals surface area (Å²) in [5.41, 5.74) is 0. The molecule has 10 nitrogen and oxygen atoms in total. The predicted octanol–water partition coefficient (Wildman–Crippen LogP) is -1.12. The van der Waals surface area contributed by atoms with Crippen LogP contribution in [0.5, 0.6) is 0 Å². The molecule has 0 aromatic carbocycles. The first-order valence-corrected chi connectivity index (χ1v) is 7.66. The van der Waals surface area contributed by atoms with Crippen LogP contribution in [-0.4, -0.2) is 66.7 Å². The summed E-state index contributed by atoms with van der Waals surface area (Å²) in [6, 6.07) is -1.17. The van der Waals surface area contributed by atoms with Gasteiger partial charge in [0, 0.05) is 27.7 Å². The Morgan fingerprint density at radius 1 is 1.00 bits per heavy atom. The van der Waals surface area contributed by atoms with E-state index in [4.69, 9.17) is 18.9 Å². The second-order valence-corrected chi connectivity index (χ2v) is 5.66. The Morgan fingerprint density at radius 3 is 2.04 bits per heavy atom. The predicted molar refractivity (Wildman–Crippen MR) is 80.8 cm³/mol. The Bertz CT molecular complexity index is 521. The highest BCUT2D eigenvalue weighted by Gasteiger charge is 2.47. The lowest BCUT2D eigenvalue weighted by molar-refractivity contribution is -0.177. The maximum Gasteiger partial charge on any atom is 0.303 e. The van der Waals surface area contributed by atoms with Crippen LogP contribution >= 0.6 is 0 Å². The second-order valence-electron chi connectivity index (χ2n) is 5.66. The molecular weight excluding hydrogens is 338 g/mol. The minimum absolute atomic E-state index is 0.153. The molecule has 1 aliphatic heterocycles. The van der Waals surface area contributed by atoms with Crippen LogP contribution in [0.3, 0.4) is 0 Å². The minimum atomic E-state index is -1.52. The van der Waals surface area contributed by atoms with Gasteiger partial charge in [-0.15, -0.1) is 0 Å². The van der Waals surface area contributed by atoms with E-state index in [1.807, 2.05) is 0 Å². The lowest BCUT2D eigenvalue weighted by atomic mass is 9.95. The van der Waals surface area contributed by atoms with E-state index in [0.717, 1.165) is 13.8 Å². The van der Waals surface area contributed by atoms with Gasteiger partial charge >= 0.3 is 17.9 Å². The van der Waals surface area contributed by atoms with Crippen LogP contribution in [0.1, 0.15) is 27.7 Å². The van der Waals surface area contributed by atoms with Gasteiger partial charge in [0.05, 0.1) is 19.1 Å². The van der Waals surface area contributed by atoms with Gasteiger partial charge in [-0.05, 0) is 0 Å². The first-order valence-electron chi connectivity index (χ1n) is 7.66. The van der Waals surface area contributed by atoms with Gasteiger partial charge in [-0.2, -0.15) is 0 Å². The van der Waals surface area contributed by atoms with Crippen molar-refractivity contribution in [2.45, 2.75) is 52.2 Å². The number of nitrogens with one attached hydrogen (secondary N) is 1. The average Bonchev–Trinajstić information content (AvgIpc) is 2.57. The van der Waals surface area contributed by atoms with Gasteiger partial charge in [0.2, 0.25) is 5.91 Å². The number of aliphatic hydroxyl groups is 1. The Labute approximate surface area is 144 Å². The topological polar surface area (TPSA) is 137 Å². The van der Waals surface area contributed by atoms with Crippen molar-refractivity contribution >= 4 is 23.8 Å². The largest absolute Gasteiger partial charge is 0.465 e. The SMILES string of the molecule is CC(=O)NC1C(O)OCC(COC(C)=O)C(OC(C)=O)C1OC(C)=O. The van der Waals surface area contributed by atoms with Crippen LogP contribution in [0.15, 0.2) is 0 Å². The number of amides is 1. The number of carbonyl (C=O) groups excluding carboxylic acids is 4. The normalized spacial score (nSPS) is 29.1. The summed E-state index contributed by atoms with van der Waals surface area (Å²) < 4.78 is 20.6. The average molecular weight is 361 g/mol. The number of hydrogen-bond donors (Lipinski definition) is 2. The summed E-state index contributed by atoms with van der Waals surface area (Å²) in [7, 11) is 0. The third-order valence-corrected chi connectivity index (χ3v) is 3.41. The monoisotopic (exact) mass is 361 g/mol. The van der Waals surface area contributed by atoms with Gasteiger partial charge < -0.3 is 29.4 Å². The van der Waals surface area contributed by atoms with E-state index in [-0.39, 0.29) is 13.2 Å². The first-order chi connectivity index (χ1) is 11.6. The van der Waals surface area contributed by atoms with Crippen molar-refractivity contribution in [3.8, 4) is 0 Å². The molecule has 0 radical (unpaired) electrons.